The molecular weight excluding hydrogens is 284 g/mol. The molecule has 1 aromatic carbocycles. The number of esters is 1. The molecule has 0 spiro atoms. The predicted octanol–water partition coefficient (Wildman–Crippen LogP) is 6.25. The third-order valence-corrected chi connectivity index (χ3v) is 4.39. The summed E-state index contributed by atoms with van der Waals surface area (Å²) in [5.41, 5.74) is 1.06. The van der Waals surface area contributed by atoms with Crippen molar-refractivity contribution < 1.29 is 9.53 Å². The van der Waals surface area contributed by atoms with Gasteiger partial charge in [0.15, 0.2) is 0 Å². The summed E-state index contributed by atoms with van der Waals surface area (Å²) in [6, 6.07) is 9.95. The van der Waals surface area contributed by atoms with E-state index in [1.807, 2.05) is 37.3 Å². The van der Waals surface area contributed by atoms with Crippen LogP contribution in [-0.2, 0) is 9.53 Å². The average Bonchev–Trinajstić information content (AvgIpc) is 2.58. The summed E-state index contributed by atoms with van der Waals surface area (Å²) in [6.07, 6.45) is 12.3. The number of unbranched alkanes of at least 4 members (excludes halogenated alkanes) is 8. The van der Waals surface area contributed by atoms with Crippen molar-refractivity contribution in [2.75, 3.05) is 6.61 Å². The van der Waals surface area contributed by atoms with E-state index in [9.17, 15) is 4.79 Å². The molecule has 0 radical (unpaired) electrons. The van der Waals surface area contributed by atoms with Gasteiger partial charge in [0.25, 0.3) is 0 Å². The number of rotatable bonds is 13. The van der Waals surface area contributed by atoms with Gasteiger partial charge in [-0.05, 0) is 18.4 Å². The fourth-order valence-corrected chi connectivity index (χ4v) is 2.91. The van der Waals surface area contributed by atoms with Crippen molar-refractivity contribution in [3.63, 3.8) is 0 Å². The molecule has 0 amide bonds. The Balaban J connectivity index is 2.07. The quantitative estimate of drug-likeness (QED) is 0.317. The van der Waals surface area contributed by atoms with Crippen LogP contribution in [0.5, 0.6) is 0 Å². The molecule has 0 bridgehead atoms. The first-order valence-corrected chi connectivity index (χ1v) is 9.51. The van der Waals surface area contributed by atoms with Gasteiger partial charge in [-0.15, -0.1) is 0 Å². The predicted molar refractivity (Wildman–Crippen MR) is 97.7 cm³/mol. The van der Waals surface area contributed by atoms with E-state index in [0.717, 1.165) is 18.4 Å². The third-order valence-electron chi connectivity index (χ3n) is 4.39. The van der Waals surface area contributed by atoms with E-state index in [4.69, 9.17) is 4.74 Å². The summed E-state index contributed by atoms with van der Waals surface area (Å²) < 4.78 is 5.47. The topological polar surface area (TPSA) is 26.3 Å². The molecule has 0 aliphatic heterocycles. The summed E-state index contributed by atoms with van der Waals surface area (Å²) in [7, 11) is 0. The van der Waals surface area contributed by atoms with Gasteiger partial charge in [0, 0.05) is 0 Å². The van der Waals surface area contributed by atoms with Gasteiger partial charge in [-0.1, -0.05) is 95.5 Å². The SMILES string of the molecule is CCCCCCCCCCCOC(=O)C(CC)c1ccccc1. The van der Waals surface area contributed by atoms with Crippen molar-refractivity contribution in [3.05, 3.63) is 35.9 Å². The van der Waals surface area contributed by atoms with Crippen LogP contribution >= 0.6 is 0 Å². The first-order valence-electron chi connectivity index (χ1n) is 9.51. The van der Waals surface area contributed by atoms with Crippen LogP contribution in [0.1, 0.15) is 89.5 Å². The molecule has 0 N–H and O–H groups in total. The van der Waals surface area contributed by atoms with Crippen LogP contribution in [0.4, 0.5) is 0 Å². The molecule has 0 saturated carbocycles. The third kappa shape index (κ3) is 8.78. The lowest BCUT2D eigenvalue weighted by Gasteiger charge is -2.14. The van der Waals surface area contributed by atoms with Gasteiger partial charge in [-0.2, -0.15) is 0 Å². The molecule has 1 unspecified atom stereocenters. The highest BCUT2D eigenvalue weighted by atomic mass is 16.5. The first-order chi connectivity index (χ1) is 11.3. The minimum atomic E-state index is -0.116. The van der Waals surface area contributed by atoms with E-state index < -0.39 is 0 Å². The molecular formula is C21H34O2. The highest BCUT2D eigenvalue weighted by Crippen LogP contribution is 2.21. The van der Waals surface area contributed by atoms with Gasteiger partial charge in [0.2, 0.25) is 0 Å². The Morgan fingerprint density at radius 1 is 0.870 bits per heavy atom. The zero-order valence-electron chi connectivity index (χ0n) is 15.1. The Labute approximate surface area is 142 Å². The Morgan fingerprint density at radius 2 is 1.43 bits per heavy atom. The Hall–Kier alpha value is -1.31. The molecule has 0 heterocycles. The summed E-state index contributed by atoms with van der Waals surface area (Å²) in [5.74, 6) is -0.187. The lowest BCUT2D eigenvalue weighted by Crippen LogP contribution is -2.16. The van der Waals surface area contributed by atoms with Crippen molar-refractivity contribution in [1.82, 2.24) is 0 Å². The van der Waals surface area contributed by atoms with Gasteiger partial charge < -0.3 is 4.74 Å². The maximum atomic E-state index is 12.2. The molecule has 2 heteroatoms. The fraction of sp³-hybridized carbons (Fsp3) is 0.667. The molecule has 0 aliphatic rings. The van der Waals surface area contributed by atoms with Crippen molar-refractivity contribution in [3.8, 4) is 0 Å². The minimum absolute atomic E-state index is 0.0711. The van der Waals surface area contributed by atoms with E-state index in [1.165, 1.54) is 51.4 Å². The average molecular weight is 319 g/mol. The van der Waals surface area contributed by atoms with Gasteiger partial charge in [-0.3, -0.25) is 4.79 Å². The Kier molecular flexibility index (Phi) is 11.3. The van der Waals surface area contributed by atoms with Crippen LogP contribution in [0.2, 0.25) is 0 Å². The van der Waals surface area contributed by atoms with Crippen LogP contribution in [0.15, 0.2) is 30.3 Å². The van der Waals surface area contributed by atoms with E-state index in [-0.39, 0.29) is 11.9 Å². The normalized spacial score (nSPS) is 12.1. The summed E-state index contributed by atoms with van der Waals surface area (Å²) in [5, 5.41) is 0. The minimum Gasteiger partial charge on any atom is -0.465 e. The molecule has 130 valence electrons. The summed E-state index contributed by atoms with van der Waals surface area (Å²) in [6.45, 7) is 4.86. The number of hydrogen-bond donors (Lipinski definition) is 0. The van der Waals surface area contributed by atoms with Crippen LogP contribution < -0.4 is 0 Å². The van der Waals surface area contributed by atoms with Crippen molar-refractivity contribution in [1.29, 1.82) is 0 Å². The number of carbonyl (C=O) groups is 1. The summed E-state index contributed by atoms with van der Waals surface area (Å²) >= 11 is 0. The Morgan fingerprint density at radius 3 is 2.00 bits per heavy atom. The molecule has 0 aromatic heterocycles. The van der Waals surface area contributed by atoms with E-state index in [0.29, 0.717) is 6.61 Å². The number of ether oxygens (including phenoxy) is 1. The standard InChI is InChI=1S/C21H34O2/c1-3-5-6-7-8-9-10-11-15-18-23-21(22)20(4-2)19-16-13-12-14-17-19/h12-14,16-17,20H,3-11,15,18H2,1-2H3. The van der Waals surface area contributed by atoms with Crippen molar-refractivity contribution in [2.45, 2.75) is 84.0 Å². The molecule has 0 saturated heterocycles. The van der Waals surface area contributed by atoms with Crippen LogP contribution in [-0.4, -0.2) is 12.6 Å². The molecule has 0 fully saturated rings. The fourth-order valence-electron chi connectivity index (χ4n) is 2.91. The second kappa shape index (κ2) is 13.2. The van der Waals surface area contributed by atoms with Gasteiger partial charge >= 0.3 is 5.97 Å². The number of benzene rings is 1. The van der Waals surface area contributed by atoms with Crippen molar-refractivity contribution >= 4 is 5.97 Å². The molecule has 1 atom stereocenters. The lowest BCUT2D eigenvalue weighted by atomic mass is 9.97. The number of carbonyl (C=O) groups excluding carboxylic acids is 1. The Bertz CT molecular complexity index is 400. The lowest BCUT2D eigenvalue weighted by molar-refractivity contribution is -0.145. The monoisotopic (exact) mass is 318 g/mol. The van der Waals surface area contributed by atoms with Gasteiger partial charge in [0.1, 0.15) is 0 Å². The van der Waals surface area contributed by atoms with E-state index in [1.54, 1.807) is 0 Å². The highest BCUT2D eigenvalue weighted by molar-refractivity contribution is 5.78. The largest absolute Gasteiger partial charge is 0.465 e. The highest BCUT2D eigenvalue weighted by Gasteiger charge is 2.19. The number of hydrogen-bond acceptors (Lipinski definition) is 2. The second-order valence-corrected chi connectivity index (χ2v) is 6.37. The van der Waals surface area contributed by atoms with E-state index in [2.05, 4.69) is 6.92 Å². The molecule has 1 aromatic rings. The molecule has 0 aliphatic carbocycles. The smallest absolute Gasteiger partial charge is 0.313 e. The van der Waals surface area contributed by atoms with Crippen LogP contribution in [0, 0.1) is 0 Å². The second-order valence-electron chi connectivity index (χ2n) is 6.37. The first kappa shape index (κ1) is 19.7. The van der Waals surface area contributed by atoms with Crippen LogP contribution in [0.3, 0.4) is 0 Å². The molecule has 23 heavy (non-hydrogen) atoms. The summed E-state index contributed by atoms with van der Waals surface area (Å²) in [4.78, 5) is 12.2. The maximum absolute atomic E-state index is 12.2. The molecule has 2 nitrogen and oxygen atoms in total. The molecule has 1 rings (SSSR count). The van der Waals surface area contributed by atoms with Gasteiger partial charge in [-0.25, -0.2) is 0 Å². The van der Waals surface area contributed by atoms with Crippen molar-refractivity contribution in [2.24, 2.45) is 0 Å². The van der Waals surface area contributed by atoms with Crippen LogP contribution in [0.25, 0.3) is 0 Å². The zero-order chi connectivity index (χ0) is 16.8. The van der Waals surface area contributed by atoms with Gasteiger partial charge in [0.05, 0.1) is 12.5 Å². The maximum Gasteiger partial charge on any atom is 0.313 e. The van der Waals surface area contributed by atoms with E-state index >= 15 is 0 Å². The zero-order valence-corrected chi connectivity index (χ0v) is 15.1.